The number of benzene rings is 1. The first-order chi connectivity index (χ1) is 15.4. The van der Waals surface area contributed by atoms with Crippen molar-refractivity contribution < 1.29 is 9.59 Å². The minimum atomic E-state index is -0.497. The van der Waals surface area contributed by atoms with E-state index in [0.717, 1.165) is 37.7 Å². The van der Waals surface area contributed by atoms with E-state index < -0.39 is 11.3 Å². The molecule has 1 atom stereocenters. The predicted octanol–water partition coefficient (Wildman–Crippen LogP) is 4.46. The number of likely N-dealkylation sites (tertiary alicyclic amines) is 1. The average molecular weight is 458 g/mol. The SMILES string of the molecule is CC[C@H](C)n1cc(C(=O)NCCc2ccc(Cl)cc2)c(=O)c(C(=O)N2CCCCCC2)c1. The highest BCUT2D eigenvalue weighted by atomic mass is 35.5. The van der Waals surface area contributed by atoms with Crippen molar-refractivity contribution in [3.63, 3.8) is 0 Å². The van der Waals surface area contributed by atoms with E-state index in [1.807, 2.05) is 30.5 Å². The van der Waals surface area contributed by atoms with Crippen LogP contribution in [-0.2, 0) is 6.42 Å². The highest BCUT2D eigenvalue weighted by Gasteiger charge is 2.24. The zero-order chi connectivity index (χ0) is 23.1. The van der Waals surface area contributed by atoms with Gasteiger partial charge in [0.1, 0.15) is 11.1 Å². The molecule has 1 aromatic carbocycles. The number of aromatic nitrogens is 1. The fourth-order valence-corrected chi connectivity index (χ4v) is 4.01. The summed E-state index contributed by atoms with van der Waals surface area (Å²) in [5, 5.41) is 3.49. The van der Waals surface area contributed by atoms with Gasteiger partial charge in [-0.05, 0) is 50.3 Å². The standard InChI is InChI=1S/C25H32ClN3O3/c1-3-18(2)29-16-21(24(31)27-13-12-19-8-10-20(26)11-9-19)23(30)22(17-29)25(32)28-14-6-4-5-7-15-28/h8-11,16-18H,3-7,12-15H2,1-2H3,(H,27,31)/t18-/m0/s1. The van der Waals surface area contributed by atoms with Crippen LogP contribution in [0.25, 0.3) is 0 Å². The quantitative estimate of drug-likeness (QED) is 0.667. The van der Waals surface area contributed by atoms with E-state index in [1.165, 1.54) is 0 Å². The molecule has 0 bridgehead atoms. The van der Waals surface area contributed by atoms with E-state index in [4.69, 9.17) is 11.6 Å². The third-order valence-corrected chi connectivity index (χ3v) is 6.38. The first kappa shape index (κ1) is 24.1. The summed E-state index contributed by atoms with van der Waals surface area (Å²) in [5.41, 5.74) is 0.638. The van der Waals surface area contributed by atoms with E-state index in [1.54, 1.807) is 29.4 Å². The zero-order valence-electron chi connectivity index (χ0n) is 18.9. The summed E-state index contributed by atoms with van der Waals surface area (Å²) >= 11 is 5.91. The summed E-state index contributed by atoms with van der Waals surface area (Å²) < 4.78 is 1.82. The Bertz CT molecular complexity index is 992. The van der Waals surface area contributed by atoms with Crippen LogP contribution in [0, 0.1) is 0 Å². The molecule has 1 fully saturated rings. The minimum Gasteiger partial charge on any atom is -0.352 e. The number of carbonyl (C=O) groups is 2. The molecule has 2 heterocycles. The Morgan fingerprint density at radius 2 is 1.66 bits per heavy atom. The molecular weight excluding hydrogens is 426 g/mol. The van der Waals surface area contributed by atoms with Crippen molar-refractivity contribution in [2.75, 3.05) is 19.6 Å². The molecule has 2 aromatic rings. The lowest BCUT2D eigenvalue weighted by molar-refractivity contribution is 0.0759. The van der Waals surface area contributed by atoms with Crippen LogP contribution in [0.4, 0.5) is 0 Å². The van der Waals surface area contributed by atoms with Gasteiger partial charge in [-0.1, -0.05) is 43.5 Å². The smallest absolute Gasteiger partial charge is 0.259 e. The van der Waals surface area contributed by atoms with Gasteiger partial charge in [-0.15, -0.1) is 0 Å². The number of pyridine rings is 1. The lowest BCUT2D eigenvalue weighted by Gasteiger charge is -2.22. The lowest BCUT2D eigenvalue weighted by Crippen LogP contribution is -2.38. The van der Waals surface area contributed by atoms with Crippen molar-refractivity contribution in [1.29, 1.82) is 0 Å². The van der Waals surface area contributed by atoms with Crippen molar-refractivity contribution in [2.45, 2.75) is 58.4 Å². The summed E-state index contributed by atoms with van der Waals surface area (Å²) in [4.78, 5) is 41.1. The van der Waals surface area contributed by atoms with Crippen molar-refractivity contribution in [3.8, 4) is 0 Å². The Labute approximate surface area is 194 Å². The summed E-state index contributed by atoms with van der Waals surface area (Å²) in [5.74, 6) is -0.726. The minimum absolute atomic E-state index is 0.0158. The fourth-order valence-electron chi connectivity index (χ4n) is 3.89. The summed E-state index contributed by atoms with van der Waals surface area (Å²) in [6.45, 7) is 5.73. The number of carbonyl (C=O) groups excluding carboxylic acids is 2. The molecule has 2 amide bonds. The summed E-state index contributed by atoms with van der Waals surface area (Å²) in [7, 11) is 0. The van der Waals surface area contributed by atoms with Gasteiger partial charge in [-0.25, -0.2) is 0 Å². The van der Waals surface area contributed by atoms with Crippen LogP contribution < -0.4 is 10.7 Å². The first-order valence-corrected chi connectivity index (χ1v) is 11.9. The number of nitrogens with zero attached hydrogens (tertiary/aromatic N) is 2. The number of halogens is 1. The molecule has 0 radical (unpaired) electrons. The van der Waals surface area contributed by atoms with E-state index in [9.17, 15) is 14.4 Å². The topological polar surface area (TPSA) is 71.4 Å². The molecule has 1 aliphatic heterocycles. The maximum atomic E-state index is 13.2. The van der Waals surface area contributed by atoms with Crippen molar-refractivity contribution in [2.24, 2.45) is 0 Å². The van der Waals surface area contributed by atoms with Gasteiger partial charge in [-0.3, -0.25) is 14.4 Å². The van der Waals surface area contributed by atoms with Gasteiger partial charge >= 0.3 is 0 Å². The number of amides is 2. The van der Waals surface area contributed by atoms with E-state index in [2.05, 4.69) is 5.32 Å². The Kier molecular flexibility index (Phi) is 8.51. The normalized spacial score (nSPS) is 15.2. The molecule has 0 aliphatic carbocycles. The fraction of sp³-hybridized carbons (Fsp3) is 0.480. The van der Waals surface area contributed by atoms with Gasteiger partial charge < -0.3 is 14.8 Å². The molecule has 32 heavy (non-hydrogen) atoms. The Morgan fingerprint density at radius 3 is 2.28 bits per heavy atom. The summed E-state index contributed by atoms with van der Waals surface area (Å²) in [6.07, 6.45) is 8.70. The predicted molar refractivity (Wildman–Crippen MR) is 128 cm³/mol. The van der Waals surface area contributed by atoms with E-state index in [0.29, 0.717) is 31.1 Å². The third kappa shape index (κ3) is 6.00. The zero-order valence-corrected chi connectivity index (χ0v) is 19.7. The Hall–Kier alpha value is -2.60. The molecule has 3 rings (SSSR count). The molecule has 0 unspecified atom stereocenters. The highest BCUT2D eigenvalue weighted by molar-refractivity contribution is 6.30. The number of hydrogen-bond donors (Lipinski definition) is 1. The number of rotatable bonds is 7. The Balaban J connectivity index is 1.82. The van der Waals surface area contributed by atoms with Gasteiger partial charge in [0.25, 0.3) is 11.8 Å². The first-order valence-electron chi connectivity index (χ1n) is 11.5. The lowest BCUT2D eigenvalue weighted by atomic mass is 10.1. The second kappa shape index (κ2) is 11.3. The summed E-state index contributed by atoms with van der Waals surface area (Å²) in [6, 6.07) is 7.49. The maximum Gasteiger partial charge on any atom is 0.259 e. The number of nitrogens with one attached hydrogen (secondary N) is 1. The highest BCUT2D eigenvalue weighted by Crippen LogP contribution is 2.15. The average Bonchev–Trinajstić information content (AvgIpc) is 3.09. The maximum absolute atomic E-state index is 13.2. The van der Waals surface area contributed by atoms with E-state index in [-0.39, 0.29) is 23.1 Å². The van der Waals surface area contributed by atoms with Gasteiger partial charge in [0, 0.05) is 43.1 Å². The molecular formula is C25H32ClN3O3. The number of hydrogen-bond acceptors (Lipinski definition) is 3. The van der Waals surface area contributed by atoms with Crippen LogP contribution in [0.2, 0.25) is 5.02 Å². The Morgan fingerprint density at radius 1 is 1.03 bits per heavy atom. The van der Waals surface area contributed by atoms with Crippen molar-refractivity contribution in [3.05, 3.63) is 68.6 Å². The second-order valence-corrected chi connectivity index (χ2v) is 8.89. The van der Waals surface area contributed by atoms with Gasteiger partial charge in [0.2, 0.25) is 5.43 Å². The van der Waals surface area contributed by atoms with Crippen LogP contribution in [0.5, 0.6) is 0 Å². The van der Waals surface area contributed by atoms with Gasteiger partial charge in [0.05, 0.1) is 0 Å². The van der Waals surface area contributed by atoms with Crippen LogP contribution in [-0.4, -0.2) is 40.9 Å². The van der Waals surface area contributed by atoms with Crippen molar-refractivity contribution in [1.82, 2.24) is 14.8 Å². The van der Waals surface area contributed by atoms with Crippen molar-refractivity contribution >= 4 is 23.4 Å². The molecule has 1 N–H and O–H groups in total. The molecule has 1 aromatic heterocycles. The van der Waals surface area contributed by atoms with Gasteiger partial charge in [0.15, 0.2) is 0 Å². The molecule has 0 saturated carbocycles. The molecule has 1 aliphatic rings. The van der Waals surface area contributed by atoms with Gasteiger partial charge in [-0.2, -0.15) is 0 Å². The van der Waals surface area contributed by atoms with Crippen LogP contribution in [0.1, 0.15) is 78.3 Å². The largest absolute Gasteiger partial charge is 0.352 e. The molecule has 6 nitrogen and oxygen atoms in total. The molecule has 7 heteroatoms. The molecule has 172 valence electrons. The monoisotopic (exact) mass is 457 g/mol. The molecule has 1 saturated heterocycles. The second-order valence-electron chi connectivity index (χ2n) is 8.46. The van der Waals surface area contributed by atoms with Crippen LogP contribution in [0.3, 0.4) is 0 Å². The molecule has 0 spiro atoms. The van der Waals surface area contributed by atoms with E-state index >= 15 is 0 Å². The third-order valence-electron chi connectivity index (χ3n) is 6.13. The van der Waals surface area contributed by atoms with Crippen LogP contribution >= 0.6 is 11.6 Å². The van der Waals surface area contributed by atoms with Crippen LogP contribution in [0.15, 0.2) is 41.5 Å².